The van der Waals surface area contributed by atoms with Gasteiger partial charge in [-0.05, 0) is 12.1 Å². The Hall–Kier alpha value is -2.56. The number of aryl methyl sites for hydroxylation is 1. The SMILES string of the molecule is Cn1c(C(=O)Nc2ccccn2)cc2occc21. The minimum Gasteiger partial charge on any atom is -0.463 e. The summed E-state index contributed by atoms with van der Waals surface area (Å²) in [5.74, 6) is 0.322. The molecule has 0 bridgehead atoms. The summed E-state index contributed by atoms with van der Waals surface area (Å²) in [6.07, 6.45) is 3.23. The molecule has 1 amide bonds. The molecule has 0 fully saturated rings. The van der Waals surface area contributed by atoms with Gasteiger partial charge in [0.25, 0.3) is 5.91 Å². The fourth-order valence-corrected chi connectivity index (χ4v) is 1.89. The Balaban J connectivity index is 1.92. The van der Waals surface area contributed by atoms with Crippen molar-refractivity contribution in [1.29, 1.82) is 0 Å². The number of nitrogens with zero attached hydrogens (tertiary/aromatic N) is 2. The molecular formula is C13H11N3O2. The number of rotatable bonds is 2. The first-order valence-electron chi connectivity index (χ1n) is 5.51. The van der Waals surface area contributed by atoms with Crippen molar-refractivity contribution in [3.8, 4) is 0 Å². The van der Waals surface area contributed by atoms with Gasteiger partial charge in [0.1, 0.15) is 11.5 Å². The molecule has 0 unspecified atom stereocenters. The zero-order valence-corrected chi connectivity index (χ0v) is 9.75. The molecule has 0 spiro atoms. The number of hydrogen-bond acceptors (Lipinski definition) is 3. The maximum absolute atomic E-state index is 12.1. The molecule has 5 heteroatoms. The lowest BCUT2D eigenvalue weighted by Gasteiger charge is -2.04. The van der Waals surface area contributed by atoms with Crippen molar-refractivity contribution in [2.24, 2.45) is 7.05 Å². The molecule has 3 aromatic heterocycles. The van der Waals surface area contributed by atoms with Crippen LogP contribution in [0.3, 0.4) is 0 Å². The Kier molecular flexibility index (Phi) is 2.37. The van der Waals surface area contributed by atoms with Crippen LogP contribution in [-0.4, -0.2) is 15.5 Å². The molecule has 0 aromatic carbocycles. The van der Waals surface area contributed by atoms with E-state index in [-0.39, 0.29) is 5.91 Å². The quantitative estimate of drug-likeness (QED) is 0.749. The van der Waals surface area contributed by atoms with Crippen LogP contribution >= 0.6 is 0 Å². The normalized spacial score (nSPS) is 10.7. The van der Waals surface area contributed by atoms with Crippen molar-refractivity contribution in [2.45, 2.75) is 0 Å². The maximum Gasteiger partial charge on any atom is 0.273 e. The third-order valence-corrected chi connectivity index (χ3v) is 2.80. The van der Waals surface area contributed by atoms with Gasteiger partial charge < -0.3 is 14.3 Å². The first kappa shape index (κ1) is 10.6. The first-order valence-corrected chi connectivity index (χ1v) is 5.51. The predicted molar refractivity (Wildman–Crippen MR) is 67.4 cm³/mol. The minimum atomic E-state index is -0.206. The molecule has 3 aromatic rings. The Labute approximate surface area is 103 Å². The molecule has 0 atom stereocenters. The van der Waals surface area contributed by atoms with Crippen LogP contribution in [0.15, 0.2) is 47.2 Å². The highest BCUT2D eigenvalue weighted by Gasteiger charge is 2.15. The van der Waals surface area contributed by atoms with Gasteiger partial charge in [0.05, 0.1) is 11.8 Å². The highest BCUT2D eigenvalue weighted by Crippen LogP contribution is 2.20. The molecule has 0 aliphatic carbocycles. The van der Waals surface area contributed by atoms with Crippen LogP contribution in [0.5, 0.6) is 0 Å². The van der Waals surface area contributed by atoms with Crippen LogP contribution in [0.2, 0.25) is 0 Å². The summed E-state index contributed by atoms with van der Waals surface area (Å²) in [6, 6.07) is 8.90. The van der Waals surface area contributed by atoms with Gasteiger partial charge in [-0.25, -0.2) is 4.98 Å². The van der Waals surface area contributed by atoms with Gasteiger partial charge in [0, 0.05) is 25.4 Å². The lowest BCUT2D eigenvalue weighted by atomic mass is 10.4. The van der Waals surface area contributed by atoms with Crippen molar-refractivity contribution < 1.29 is 9.21 Å². The fourth-order valence-electron chi connectivity index (χ4n) is 1.89. The maximum atomic E-state index is 12.1. The molecule has 5 nitrogen and oxygen atoms in total. The van der Waals surface area contributed by atoms with E-state index < -0.39 is 0 Å². The van der Waals surface area contributed by atoms with Crippen molar-refractivity contribution >= 4 is 22.8 Å². The standard InChI is InChI=1S/C13H11N3O2/c1-16-9-5-7-18-11(9)8-10(16)13(17)15-12-4-2-3-6-14-12/h2-8H,1H3,(H,14,15,17). The zero-order valence-electron chi connectivity index (χ0n) is 9.75. The molecular weight excluding hydrogens is 230 g/mol. The lowest BCUT2D eigenvalue weighted by molar-refractivity contribution is 0.101. The summed E-state index contributed by atoms with van der Waals surface area (Å²) < 4.78 is 7.05. The highest BCUT2D eigenvalue weighted by molar-refractivity contribution is 6.05. The van der Waals surface area contributed by atoms with E-state index in [0.717, 1.165) is 5.52 Å². The second-order valence-corrected chi connectivity index (χ2v) is 3.93. The fraction of sp³-hybridized carbons (Fsp3) is 0.0769. The third kappa shape index (κ3) is 1.66. The van der Waals surface area contributed by atoms with Gasteiger partial charge >= 0.3 is 0 Å². The van der Waals surface area contributed by atoms with Gasteiger partial charge in [0.2, 0.25) is 0 Å². The number of carbonyl (C=O) groups excluding carboxylic acids is 1. The molecule has 0 aliphatic rings. The molecule has 3 rings (SSSR count). The van der Waals surface area contributed by atoms with E-state index >= 15 is 0 Å². The second-order valence-electron chi connectivity index (χ2n) is 3.93. The molecule has 18 heavy (non-hydrogen) atoms. The topological polar surface area (TPSA) is 60.1 Å². The number of aromatic nitrogens is 2. The zero-order chi connectivity index (χ0) is 12.5. The summed E-state index contributed by atoms with van der Waals surface area (Å²) in [4.78, 5) is 16.1. The van der Waals surface area contributed by atoms with Crippen LogP contribution in [0.4, 0.5) is 5.82 Å². The van der Waals surface area contributed by atoms with Crippen LogP contribution < -0.4 is 5.32 Å². The lowest BCUT2D eigenvalue weighted by Crippen LogP contribution is -2.16. The molecule has 0 saturated carbocycles. The molecule has 0 saturated heterocycles. The van der Waals surface area contributed by atoms with E-state index in [1.807, 2.05) is 19.2 Å². The van der Waals surface area contributed by atoms with Gasteiger partial charge in [0.15, 0.2) is 5.58 Å². The van der Waals surface area contributed by atoms with Gasteiger partial charge in [-0.3, -0.25) is 4.79 Å². The van der Waals surface area contributed by atoms with Crippen LogP contribution in [0.25, 0.3) is 11.1 Å². The summed E-state index contributed by atoms with van der Waals surface area (Å²) in [5, 5.41) is 2.74. The van der Waals surface area contributed by atoms with E-state index in [4.69, 9.17) is 4.42 Å². The molecule has 0 aliphatic heterocycles. The van der Waals surface area contributed by atoms with E-state index in [1.165, 1.54) is 0 Å². The van der Waals surface area contributed by atoms with Crippen LogP contribution in [0.1, 0.15) is 10.5 Å². The predicted octanol–water partition coefficient (Wildman–Crippen LogP) is 2.42. The van der Waals surface area contributed by atoms with Gasteiger partial charge in [-0.15, -0.1) is 0 Å². The van der Waals surface area contributed by atoms with Crippen molar-refractivity contribution in [3.63, 3.8) is 0 Å². The largest absolute Gasteiger partial charge is 0.463 e. The molecule has 0 radical (unpaired) electrons. The summed E-state index contributed by atoms with van der Waals surface area (Å²) >= 11 is 0. The van der Waals surface area contributed by atoms with Gasteiger partial charge in [-0.2, -0.15) is 0 Å². The smallest absolute Gasteiger partial charge is 0.273 e. The number of fused-ring (bicyclic) bond motifs is 1. The highest BCUT2D eigenvalue weighted by atomic mass is 16.3. The average Bonchev–Trinajstić information content (AvgIpc) is 2.94. The first-order chi connectivity index (χ1) is 8.75. The Morgan fingerprint density at radius 2 is 2.28 bits per heavy atom. The molecule has 90 valence electrons. The number of nitrogens with one attached hydrogen (secondary N) is 1. The van der Waals surface area contributed by atoms with Crippen molar-refractivity contribution in [1.82, 2.24) is 9.55 Å². The number of carbonyl (C=O) groups is 1. The molecule has 3 heterocycles. The summed E-state index contributed by atoms with van der Waals surface area (Å²) in [5.41, 5.74) is 2.12. The number of hydrogen-bond donors (Lipinski definition) is 1. The summed E-state index contributed by atoms with van der Waals surface area (Å²) in [6.45, 7) is 0. The summed E-state index contributed by atoms with van der Waals surface area (Å²) in [7, 11) is 1.82. The van der Waals surface area contributed by atoms with Crippen LogP contribution in [0, 0.1) is 0 Å². The monoisotopic (exact) mass is 241 g/mol. The minimum absolute atomic E-state index is 0.206. The Morgan fingerprint density at radius 3 is 3.00 bits per heavy atom. The number of amides is 1. The van der Waals surface area contributed by atoms with E-state index in [0.29, 0.717) is 17.1 Å². The third-order valence-electron chi connectivity index (χ3n) is 2.80. The molecule has 1 N–H and O–H groups in total. The van der Waals surface area contributed by atoms with E-state index in [2.05, 4.69) is 10.3 Å². The second kappa shape index (κ2) is 4.03. The van der Waals surface area contributed by atoms with Crippen LogP contribution in [-0.2, 0) is 7.05 Å². The van der Waals surface area contributed by atoms with E-state index in [1.54, 1.807) is 35.2 Å². The number of pyridine rings is 1. The van der Waals surface area contributed by atoms with E-state index in [9.17, 15) is 4.79 Å². The number of furan rings is 1. The van der Waals surface area contributed by atoms with Gasteiger partial charge in [-0.1, -0.05) is 6.07 Å². The number of anilines is 1. The Morgan fingerprint density at radius 1 is 1.39 bits per heavy atom. The van der Waals surface area contributed by atoms with Crippen molar-refractivity contribution in [3.05, 3.63) is 48.5 Å². The average molecular weight is 241 g/mol. The Bertz CT molecular complexity index is 697. The van der Waals surface area contributed by atoms with Crippen molar-refractivity contribution in [2.75, 3.05) is 5.32 Å².